The molecule has 2 atom stereocenters. The molecule has 1 amide bonds. The summed E-state index contributed by atoms with van der Waals surface area (Å²) in [6, 6.07) is 19.9. The van der Waals surface area contributed by atoms with Gasteiger partial charge in [-0.25, -0.2) is 0 Å². The van der Waals surface area contributed by atoms with Crippen LogP contribution in [0.15, 0.2) is 60.7 Å². The first kappa shape index (κ1) is 32.8. The minimum absolute atomic E-state index is 0.0889. The van der Waals surface area contributed by atoms with E-state index in [2.05, 4.69) is 72.8 Å². The second-order valence-corrected chi connectivity index (χ2v) is 18.6. The van der Waals surface area contributed by atoms with E-state index in [0.717, 1.165) is 18.0 Å². The number of carbonyl (C=O) groups excluding carboxylic acids is 2. The maximum atomic E-state index is 14.3. The second kappa shape index (κ2) is 13.8. The van der Waals surface area contributed by atoms with Crippen LogP contribution in [0.4, 0.5) is 0 Å². The van der Waals surface area contributed by atoms with Crippen molar-refractivity contribution in [2.24, 2.45) is 5.92 Å². The van der Waals surface area contributed by atoms with E-state index in [1.54, 1.807) is 11.9 Å². The van der Waals surface area contributed by atoms with Crippen molar-refractivity contribution in [2.45, 2.75) is 103 Å². The lowest BCUT2D eigenvalue weighted by molar-refractivity contribution is -0.149. The van der Waals surface area contributed by atoms with Gasteiger partial charge in [-0.3, -0.25) is 9.59 Å². The smallest absolute Gasteiger partial charge is 0.315 e. The predicted molar refractivity (Wildman–Crippen MR) is 165 cm³/mol. The number of rotatable bonds is 12. The van der Waals surface area contributed by atoms with E-state index in [9.17, 15) is 9.59 Å². The Kier molecular flexibility index (Phi) is 11.6. The number of carbonyl (C=O) groups is 2. The highest BCUT2D eigenvalue weighted by Gasteiger charge is 2.58. The van der Waals surface area contributed by atoms with Gasteiger partial charge in [-0.05, 0) is 53.1 Å². The average Bonchev–Trinajstić information content (AvgIpc) is 2.86. The minimum Gasteiger partial charge on any atom is -0.516 e. The molecule has 0 aliphatic heterocycles. The molecule has 0 bridgehead atoms. The third-order valence-corrected chi connectivity index (χ3v) is 14.8. The maximum absolute atomic E-state index is 14.3. The van der Waals surface area contributed by atoms with Crippen molar-refractivity contribution in [3.8, 4) is 0 Å². The molecule has 1 N–H and O–H groups in total. The third kappa shape index (κ3) is 8.52. The van der Waals surface area contributed by atoms with Crippen LogP contribution in [0.5, 0.6) is 0 Å². The summed E-state index contributed by atoms with van der Waals surface area (Å²) < 4.78 is 6.81. The number of hydrogen-bond donors (Lipinski definition) is 1. The summed E-state index contributed by atoms with van der Waals surface area (Å²) in [5.74, 6) is 0.0141. The lowest BCUT2D eigenvalue weighted by Crippen LogP contribution is -2.59. The highest BCUT2D eigenvalue weighted by Crippen LogP contribution is 2.55. The summed E-state index contributed by atoms with van der Waals surface area (Å²) in [7, 11) is 0.882. The molecule has 0 heterocycles. The lowest BCUT2D eigenvalue weighted by Gasteiger charge is -2.51. The molecule has 216 valence electrons. The number of hydrogen-bond acceptors (Lipinski definition) is 4. The Morgan fingerprint density at radius 3 is 1.79 bits per heavy atom. The Labute approximate surface area is 238 Å². The molecule has 2 aromatic rings. The van der Waals surface area contributed by atoms with Gasteiger partial charge in [0.25, 0.3) is 8.32 Å². The van der Waals surface area contributed by atoms with Crippen LogP contribution in [0.3, 0.4) is 0 Å². The van der Waals surface area contributed by atoms with Crippen molar-refractivity contribution in [2.75, 3.05) is 14.1 Å². The molecule has 0 radical (unpaired) electrons. The topological polar surface area (TPSA) is 58.6 Å². The normalized spacial score (nSPS) is 14.1. The molecule has 6 heteroatoms. The third-order valence-electron chi connectivity index (χ3n) is 7.96. The minimum atomic E-state index is -2.68. The van der Waals surface area contributed by atoms with E-state index in [0.29, 0.717) is 18.8 Å². The molecule has 2 aromatic carbocycles. The van der Waals surface area contributed by atoms with Gasteiger partial charge in [-0.2, -0.15) is 0 Å². The molecular formula is C33H52N2O3Si. The summed E-state index contributed by atoms with van der Waals surface area (Å²) in [6.07, 6.45) is 1.84. The number of aryl methyl sites for hydroxylation is 1. The van der Waals surface area contributed by atoms with Crippen LogP contribution < -0.4 is 5.32 Å². The van der Waals surface area contributed by atoms with Crippen LogP contribution >= 0.6 is 0 Å². The molecule has 0 aliphatic carbocycles. The van der Waals surface area contributed by atoms with E-state index >= 15 is 0 Å². The van der Waals surface area contributed by atoms with Crippen LogP contribution in [-0.2, 0) is 26.9 Å². The Balaban J connectivity index is 2.42. The summed E-state index contributed by atoms with van der Waals surface area (Å²) >= 11 is 0. The van der Waals surface area contributed by atoms with Crippen LogP contribution in [0.25, 0.3) is 0 Å². The van der Waals surface area contributed by atoms with E-state index in [1.165, 1.54) is 5.56 Å². The number of amides is 1. The highest BCUT2D eigenvalue weighted by atomic mass is 28.4. The van der Waals surface area contributed by atoms with Gasteiger partial charge < -0.3 is 14.6 Å². The number of nitrogens with zero attached hydrogens (tertiary/aromatic N) is 1. The van der Waals surface area contributed by atoms with Crippen molar-refractivity contribution in [3.05, 3.63) is 71.8 Å². The molecule has 0 aromatic heterocycles. The van der Waals surface area contributed by atoms with Crippen LogP contribution in [0, 0.1) is 5.92 Å². The quantitative estimate of drug-likeness (QED) is 0.287. The molecule has 0 fully saturated rings. The van der Waals surface area contributed by atoms with Crippen LogP contribution in [0.2, 0.25) is 16.1 Å². The molecular weight excluding hydrogens is 500 g/mol. The first-order valence-electron chi connectivity index (χ1n) is 14.4. The van der Waals surface area contributed by atoms with Crippen LogP contribution in [0.1, 0.15) is 72.9 Å². The van der Waals surface area contributed by atoms with Gasteiger partial charge in [0, 0.05) is 13.5 Å². The maximum Gasteiger partial charge on any atom is 0.315 e. The molecule has 39 heavy (non-hydrogen) atoms. The van der Waals surface area contributed by atoms with Crippen molar-refractivity contribution in [1.29, 1.82) is 0 Å². The van der Waals surface area contributed by atoms with Gasteiger partial charge >= 0.3 is 5.97 Å². The zero-order valence-corrected chi connectivity index (χ0v) is 27.0. The first-order chi connectivity index (χ1) is 18.1. The second-order valence-electron chi connectivity index (χ2n) is 13.4. The standard InChI is InChI=1S/C33H52N2O3Si/c1-25(2)24-39(32(3,4)5,33(6,7)8)38-31(37)29(23-27-19-15-12-16-20-27)35(10)30(36)28(34-9)22-21-26-17-13-11-14-18-26/h11-20,25,28-29,34H,21-24H2,1-10H3/t28-,29-/m0/s1. The Morgan fingerprint density at radius 1 is 0.872 bits per heavy atom. The van der Waals surface area contributed by atoms with Gasteiger partial charge in [-0.15, -0.1) is 0 Å². The van der Waals surface area contributed by atoms with Crippen molar-refractivity contribution in [1.82, 2.24) is 10.2 Å². The van der Waals surface area contributed by atoms with Crippen molar-refractivity contribution >= 4 is 20.2 Å². The molecule has 0 saturated heterocycles. The van der Waals surface area contributed by atoms with Gasteiger partial charge in [0.05, 0.1) is 6.04 Å². The number of benzene rings is 2. The predicted octanol–water partition coefficient (Wildman–Crippen LogP) is 7.02. The van der Waals surface area contributed by atoms with Crippen LogP contribution in [-0.4, -0.2) is 51.3 Å². The van der Waals surface area contributed by atoms with E-state index in [1.807, 2.05) is 55.6 Å². The summed E-state index contributed by atoms with van der Waals surface area (Å²) in [5, 5.41) is 2.85. The van der Waals surface area contributed by atoms with E-state index in [-0.39, 0.29) is 22.0 Å². The zero-order chi connectivity index (χ0) is 29.4. The van der Waals surface area contributed by atoms with Crippen molar-refractivity contribution in [3.63, 3.8) is 0 Å². The SMILES string of the molecule is CN[C@@H](CCc1ccccc1)C(=O)N(C)[C@@H](Cc1ccccc1)C(=O)O[Si](CC(C)C)(C(C)(C)C)C(C)(C)C. The summed E-state index contributed by atoms with van der Waals surface area (Å²) in [6.45, 7) is 17.7. The highest BCUT2D eigenvalue weighted by molar-refractivity contribution is 6.80. The van der Waals surface area contributed by atoms with Crippen molar-refractivity contribution < 1.29 is 14.0 Å². The van der Waals surface area contributed by atoms with Gasteiger partial charge in [0.15, 0.2) is 0 Å². The van der Waals surface area contributed by atoms with E-state index < -0.39 is 20.4 Å². The molecule has 2 rings (SSSR count). The number of nitrogens with one attached hydrogen (secondary N) is 1. The van der Waals surface area contributed by atoms with Gasteiger partial charge in [-0.1, -0.05) is 116 Å². The van der Waals surface area contributed by atoms with Gasteiger partial charge in [0.2, 0.25) is 5.91 Å². The van der Waals surface area contributed by atoms with Gasteiger partial charge in [0.1, 0.15) is 6.04 Å². The van der Waals surface area contributed by atoms with E-state index in [4.69, 9.17) is 4.43 Å². The Hall–Kier alpha value is -2.44. The monoisotopic (exact) mass is 552 g/mol. The fourth-order valence-corrected chi connectivity index (χ4v) is 11.7. The lowest BCUT2D eigenvalue weighted by atomic mass is 10.0. The fourth-order valence-electron chi connectivity index (χ4n) is 5.86. The Bertz CT molecular complexity index is 1030. The first-order valence-corrected chi connectivity index (χ1v) is 16.5. The average molecular weight is 553 g/mol. The molecule has 0 saturated carbocycles. The number of likely N-dealkylation sites (N-methyl/N-ethyl adjacent to an activating group) is 2. The molecule has 0 spiro atoms. The fraction of sp³-hybridized carbons (Fsp3) is 0.576. The molecule has 0 aliphatic rings. The Morgan fingerprint density at radius 2 is 1.36 bits per heavy atom. The summed E-state index contributed by atoms with van der Waals surface area (Å²) in [4.78, 5) is 29.7. The summed E-state index contributed by atoms with van der Waals surface area (Å²) in [5.41, 5.74) is 2.19. The largest absolute Gasteiger partial charge is 0.516 e. The zero-order valence-electron chi connectivity index (χ0n) is 26.0. The molecule has 5 nitrogen and oxygen atoms in total. The molecule has 0 unspecified atom stereocenters.